The lowest BCUT2D eigenvalue weighted by molar-refractivity contribution is 0.543. The first-order valence-corrected chi connectivity index (χ1v) is 23.9. The summed E-state index contributed by atoms with van der Waals surface area (Å²) in [6.45, 7) is 16.7. The molecule has 4 aliphatic carbocycles. The minimum atomic E-state index is -0.509. The summed E-state index contributed by atoms with van der Waals surface area (Å²) in [6, 6.07) is 61.5. The summed E-state index contributed by atoms with van der Waals surface area (Å²) in [5.74, 6) is 0.405. The van der Waals surface area contributed by atoms with Gasteiger partial charge in [-0.3, -0.25) is 0 Å². The molecule has 1 aromatic heterocycles. The van der Waals surface area contributed by atoms with Crippen molar-refractivity contribution < 1.29 is 4.42 Å². The maximum absolute atomic E-state index is 6.71. The molecule has 0 amide bonds. The third-order valence-corrected chi connectivity index (χ3v) is 15.9. The van der Waals surface area contributed by atoms with Crippen LogP contribution in [0.2, 0.25) is 0 Å². The molecule has 2 heteroatoms. The third-order valence-electron chi connectivity index (χ3n) is 15.9. The molecule has 7 aromatic carbocycles. The van der Waals surface area contributed by atoms with Gasteiger partial charge in [0.15, 0.2) is 0 Å². The number of allylic oxidation sites excluding steroid dienone is 5. The molecule has 0 fully saturated rings. The second-order valence-corrected chi connectivity index (χ2v) is 21.1. The molecule has 0 aliphatic heterocycles. The molecule has 4 aliphatic rings. The highest BCUT2D eigenvalue weighted by Gasteiger charge is 2.53. The first-order valence-electron chi connectivity index (χ1n) is 23.9. The van der Waals surface area contributed by atoms with E-state index in [9.17, 15) is 0 Å². The van der Waals surface area contributed by atoms with E-state index in [1.54, 1.807) is 0 Å². The number of nitrogens with zero attached hydrogens (tertiary/aromatic N) is 1. The molecular weight excluding hydrogens is 799 g/mol. The Morgan fingerprint density at radius 1 is 0.621 bits per heavy atom. The van der Waals surface area contributed by atoms with Crippen LogP contribution in [0.3, 0.4) is 0 Å². The topological polar surface area (TPSA) is 16.4 Å². The lowest BCUT2D eigenvalue weighted by atomic mass is 9.65. The number of benzene rings is 7. The van der Waals surface area contributed by atoms with E-state index in [0.717, 1.165) is 34.0 Å². The van der Waals surface area contributed by atoms with Crippen LogP contribution in [0.1, 0.15) is 105 Å². The van der Waals surface area contributed by atoms with Crippen molar-refractivity contribution in [3.05, 3.63) is 250 Å². The van der Waals surface area contributed by atoms with E-state index in [1.165, 1.54) is 72.5 Å². The van der Waals surface area contributed by atoms with Crippen LogP contribution >= 0.6 is 0 Å². The molecule has 3 atom stereocenters. The van der Waals surface area contributed by atoms with E-state index in [2.05, 4.69) is 248 Å². The van der Waals surface area contributed by atoms with Crippen LogP contribution in [0.4, 0.5) is 5.69 Å². The Bertz CT molecular complexity index is 3340. The maximum atomic E-state index is 6.71. The first kappa shape index (κ1) is 40.6. The smallest absolute Gasteiger partial charge is 0.137 e. The summed E-state index contributed by atoms with van der Waals surface area (Å²) in [4.78, 5) is 2.68. The van der Waals surface area contributed by atoms with Crippen LogP contribution in [-0.2, 0) is 16.2 Å². The minimum absolute atomic E-state index is 0.0527. The normalized spacial score (nSPS) is 21.1. The van der Waals surface area contributed by atoms with Gasteiger partial charge in [-0.25, -0.2) is 0 Å². The number of anilines is 1. The molecule has 1 heterocycles. The zero-order valence-electron chi connectivity index (χ0n) is 39.2. The highest BCUT2D eigenvalue weighted by Crippen LogP contribution is 2.62. The van der Waals surface area contributed by atoms with E-state index in [0.29, 0.717) is 0 Å². The average molecular weight is 856 g/mol. The summed E-state index contributed by atoms with van der Waals surface area (Å²) in [7, 11) is 0. The van der Waals surface area contributed by atoms with Crippen molar-refractivity contribution in [2.24, 2.45) is 5.92 Å². The van der Waals surface area contributed by atoms with Gasteiger partial charge in [-0.15, -0.1) is 0 Å². The van der Waals surface area contributed by atoms with Gasteiger partial charge in [0.1, 0.15) is 11.2 Å². The molecule has 3 unspecified atom stereocenters. The van der Waals surface area contributed by atoms with Crippen molar-refractivity contribution in [3.63, 3.8) is 0 Å². The predicted octanol–water partition coefficient (Wildman–Crippen LogP) is 16.4. The van der Waals surface area contributed by atoms with Crippen LogP contribution in [0.25, 0.3) is 38.6 Å². The van der Waals surface area contributed by atoms with Gasteiger partial charge in [0.25, 0.3) is 0 Å². The summed E-state index contributed by atoms with van der Waals surface area (Å²) < 4.78 is 6.71. The number of furan rings is 1. The monoisotopic (exact) mass is 855 g/mol. The molecule has 12 rings (SSSR count). The Labute approximate surface area is 390 Å². The highest BCUT2D eigenvalue weighted by atomic mass is 16.3. The van der Waals surface area contributed by atoms with E-state index >= 15 is 0 Å². The van der Waals surface area contributed by atoms with Crippen molar-refractivity contribution in [3.8, 4) is 11.1 Å². The van der Waals surface area contributed by atoms with E-state index in [-0.39, 0.29) is 22.7 Å². The van der Waals surface area contributed by atoms with Gasteiger partial charge in [0.05, 0.1) is 11.0 Å². The van der Waals surface area contributed by atoms with Gasteiger partial charge in [0, 0.05) is 39.6 Å². The van der Waals surface area contributed by atoms with Crippen molar-refractivity contribution in [2.75, 3.05) is 4.90 Å². The van der Waals surface area contributed by atoms with Crippen LogP contribution < -0.4 is 4.90 Å². The molecule has 324 valence electrons. The standard InChI is InChI=1S/C64H57NO/c1-41-37-46(39-56-59(41)50-26-14-16-29-53(50)64(56,42-21-10-8-11-22-42)43-23-12-9-13-24-43)65(45-33-35-48-47-25-15-17-31-57(47)66-58(48)40-45)63(7)36-19-18-28-52(63)49-27-20-30-54-60(49)51-34-32-44(61(2,3)4)38-55(51)62(54,5)6/h8-35,37-41,59H,36H2,1-7H3. The van der Waals surface area contributed by atoms with Crippen LogP contribution in [0.15, 0.2) is 210 Å². The van der Waals surface area contributed by atoms with Crippen LogP contribution in [-0.4, -0.2) is 5.54 Å². The van der Waals surface area contributed by atoms with E-state index in [4.69, 9.17) is 4.42 Å². The van der Waals surface area contributed by atoms with Gasteiger partial charge < -0.3 is 9.32 Å². The molecule has 8 aromatic rings. The fourth-order valence-corrected chi connectivity index (χ4v) is 12.7. The largest absolute Gasteiger partial charge is 0.456 e. The Kier molecular flexibility index (Phi) is 8.95. The molecule has 0 saturated carbocycles. The molecule has 0 bridgehead atoms. The van der Waals surface area contributed by atoms with Gasteiger partial charge in [-0.1, -0.05) is 205 Å². The summed E-state index contributed by atoms with van der Waals surface area (Å²) in [5, 5.41) is 2.28. The van der Waals surface area contributed by atoms with E-state index in [1.807, 2.05) is 0 Å². The minimum Gasteiger partial charge on any atom is -0.456 e. The Morgan fingerprint density at radius 3 is 2.06 bits per heavy atom. The summed E-state index contributed by atoms with van der Waals surface area (Å²) >= 11 is 0. The highest BCUT2D eigenvalue weighted by molar-refractivity contribution is 6.06. The van der Waals surface area contributed by atoms with Gasteiger partial charge >= 0.3 is 0 Å². The molecule has 0 N–H and O–H groups in total. The van der Waals surface area contributed by atoms with E-state index < -0.39 is 11.0 Å². The number of rotatable bonds is 6. The third kappa shape index (κ3) is 5.73. The lowest BCUT2D eigenvalue weighted by Crippen LogP contribution is -2.48. The molecule has 66 heavy (non-hydrogen) atoms. The second kappa shape index (κ2) is 14.6. The SMILES string of the molecule is CC1C=C(N(c2ccc3c(c2)oc2ccccc23)C2(C)CC=CC=C2c2cccc3c2-c2ccc(C(C)(C)C)cc2C3(C)C)C=C2C1c1ccccc1C2(c1ccccc1)c1ccccc1. The van der Waals surface area contributed by atoms with Crippen molar-refractivity contribution in [2.45, 2.75) is 82.6 Å². The number of hydrogen-bond donors (Lipinski definition) is 0. The van der Waals surface area contributed by atoms with Crippen LogP contribution in [0, 0.1) is 5.92 Å². The van der Waals surface area contributed by atoms with Gasteiger partial charge in [0.2, 0.25) is 0 Å². The number of hydrogen-bond acceptors (Lipinski definition) is 2. The average Bonchev–Trinajstić information content (AvgIpc) is 3.93. The summed E-state index contributed by atoms with van der Waals surface area (Å²) in [6.07, 6.45) is 13.1. The molecule has 2 nitrogen and oxygen atoms in total. The zero-order chi connectivity index (χ0) is 45.2. The zero-order valence-corrected chi connectivity index (χ0v) is 39.2. The van der Waals surface area contributed by atoms with Gasteiger partial charge in [-0.2, -0.15) is 0 Å². The lowest BCUT2D eigenvalue weighted by Gasteiger charge is -2.48. The number of para-hydroxylation sites is 1. The fraction of sp³-hybridized carbons (Fsp3) is 0.219. The Morgan fingerprint density at radius 2 is 1.30 bits per heavy atom. The molecule has 0 spiro atoms. The fourth-order valence-electron chi connectivity index (χ4n) is 12.7. The van der Waals surface area contributed by atoms with Gasteiger partial charge in [-0.05, 0) is 116 Å². The Hall–Kier alpha value is -6.90. The van der Waals surface area contributed by atoms with Crippen molar-refractivity contribution >= 4 is 33.2 Å². The molecule has 0 saturated heterocycles. The molecule has 0 radical (unpaired) electrons. The number of fused-ring (bicyclic) bond motifs is 9. The molecular formula is C64H57NO. The first-order chi connectivity index (χ1) is 31.9. The summed E-state index contributed by atoms with van der Waals surface area (Å²) in [5.41, 5.74) is 19.4. The van der Waals surface area contributed by atoms with Crippen LogP contribution in [0.5, 0.6) is 0 Å². The quantitative estimate of drug-likeness (QED) is 0.166. The second-order valence-electron chi connectivity index (χ2n) is 21.1. The van der Waals surface area contributed by atoms with Crippen molar-refractivity contribution in [1.29, 1.82) is 0 Å². The maximum Gasteiger partial charge on any atom is 0.137 e. The Balaban J connectivity index is 1.11. The van der Waals surface area contributed by atoms with Crippen molar-refractivity contribution in [1.82, 2.24) is 0 Å². The predicted molar refractivity (Wildman–Crippen MR) is 276 cm³/mol.